The van der Waals surface area contributed by atoms with Gasteiger partial charge in [0.1, 0.15) is 12.6 Å². The zero-order valence-electron chi connectivity index (χ0n) is 23.3. The SMILES string of the molecule is CC[C@H](C)NC(=O)[C@H](C)N(Cc1ccccc1C)C(=O)CN(c1cc(Cl)ccc1Cl)S(=O)(=O)c1ccc(C)cc1. The Balaban J connectivity index is 2.08. The monoisotopic (exact) mass is 603 g/mol. The molecule has 0 aliphatic carbocycles. The number of nitrogens with one attached hydrogen (secondary N) is 1. The maximum atomic E-state index is 14.0. The number of carbonyl (C=O) groups is 2. The molecule has 3 aromatic carbocycles. The number of benzene rings is 3. The fourth-order valence-electron chi connectivity index (χ4n) is 4.05. The normalized spacial score (nSPS) is 12.9. The molecule has 3 rings (SSSR count). The van der Waals surface area contributed by atoms with Crippen molar-refractivity contribution in [2.24, 2.45) is 0 Å². The largest absolute Gasteiger partial charge is 0.352 e. The van der Waals surface area contributed by atoms with Gasteiger partial charge >= 0.3 is 0 Å². The van der Waals surface area contributed by atoms with Gasteiger partial charge in [-0.2, -0.15) is 0 Å². The summed E-state index contributed by atoms with van der Waals surface area (Å²) in [5.41, 5.74) is 2.73. The lowest BCUT2D eigenvalue weighted by molar-refractivity contribution is -0.139. The molecule has 1 N–H and O–H groups in total. The van der Waals surface area contributed by atoms with Crippen molar-refractivity contribution in [2.45, 2.75) is 64.6 Å². The average molecular weight is 605 g/mol. The fourth-order valence-corrected chi connectivity index (χ4v) is 5.91. The number of hydrogen-bond acceptors (Lipinski definition) is 4. The highest BCUT2D eigenvalue weighted by Crippen LogP contribution is 2.33. The van der Waals surface area contributed by atoms with Crippen molar-refractivity contribution in [2.75, 3.05) is 10.8 Å². The van der Waals surface area contributed by atoms with Gasteiger partial charge in [0.15, 0.2) is 0 Å². The van der Waals surface area contributed by atoms with Crippen LogP contribution in [0, 0.1) is 13.8 Å². The number of nitrogens with zero attached hydrogens (tertiary/aromatic N) is 2. The first-order valence-corrected chi connectivity index (χ1v) is 15.2. The second-order valence-electron chi connectivity index (χ2n) is 9.86. The van der Waals surface area contributed by atoms with E-state index >= 15 is 0 Å². The van der Waals surface area contributed by atoms with Gasteiger partial charge in [-0.3, -0.25) is 13.9 Å². The van der Waals surface area contributed by atoms with Crippen LogP contribution >= 0.6 is 23.2 Å². The summed E-state index contributed by atoms with van der Waals surface area (Å²) in [6.45, 7) is 8.76. The summed E-state index contributed by atoms with van der Waals surface area (Å²) in [7, 11) is -4.25. The molecule has 0 spiro atoms. The van der Waals surface area contributed by atoms with E-state index < -0.39 is 28.5 Å². The van der Waals surface area contributed by atoms with Gasteiger partial charge in [-0.15, -0.1) is 0 Å². The molecule has 3 aromatic rings. The Morgan fingerprint density at radius 1 is 0.950 bits per heavy atom. The van der Waals surface area contributed by atoms with Crippen LogP contribution in [-0.4, -0.2) is 43.8 Å². The number of hydrogen-bond donors (Lipinski definition) is 1. The molecule has 0 aliphatic rings. The average Bonchev–Trinajstić information content (AvgIpc) is 2.92. The van der Waals surface area contributed by atoms with Crippen LogP contribution in [-0.2, 0) is 26.2 Å². The third-order valence-corrected chi connectivity index (χ3v) is 9.16. The van der Waals surface area contributed by atoms with Crippen molar-refractivity contribution < 1.29 is 18.0 Å². The van der Waals surface area contributed by atoms with Crippen LogP contribution < -0.4 is 9.62 Å². The molecule has 2 amide bonds. The number of aryl methyl sites for hydroxylation is 2. The molecule has 0 aliphatic heterocycles. The Kier molecular flexibility index (Phi) is 10.6. The van der Waals surface area contributed by atoms with E-state index in [1.54, 1.807) is 19.1 Å². The summed E-state index contributed by atoms with van der Waals surface area (Å²) in [4.78, 5) is 28.6. The molecule has 40 heavy (non-hydrogen) atoms. The summed E-state index contributed by atoms with van der Waals surface area (Å²) in [6.07, 6.45) is 0.722. The van der Waals surface area contributed by atoms with E-state index in [1.165, 1.54) is 35.2 Å². The first-order valence-electron chi connectivity index (χ1n) is 13.0. The number of sulfonamides is 1. The Bertz CT molecular complexity index is 1460. The van der Waals surface area contributed by atoms with Crippen LogP contribution in [0.2, 0.25) is 10.0 Å². The van der Waals surface area contributed by atoms with E-state index in [0.717, 1.165) is 27.4 Å². The van der Waals surface area contributed by atoms with E-state index in [1.807, 2.05) is 52.0 Å². The van der Waals surface area contributed by atoms with Gasteiger partial charge < -0.3 is 10.2 Å². The Morgan fingerprint density at radius 2 is 1.60 bits per heavy atom. The first kappa shape index (κ1) is 31.5. The molecule has 0 fully saturated rings. The quantitative estimate of drug-likeness (QED) is 0.285. The smallest absolute Gasteiger partial charge is 0.264 e. The molecular weight excluding hydrogens is 569 g/mol. The minimum Gasteiger partial charge on any atom is -0.352 e. The van der Waals surface area contributed by atoms with Crippen LogP contribution in [0.4, 0.5) is 5.69 Å². The summed E-state index contributed by atoms with van der Waals surface area (Å²) < 4.78 is 28.8. The minimum absolute atomic E-state index is 0.00467. The second kappa shape index (κ2) is 13.5. The molecule has 0 saturated carbocycles. The third kappa shape index (κ3) is 7.56. The lowest BCUT2D eigenvalue weighted by Crippen LogP contribution is -2.52. The molecule has 0 radical (unpaired) electrons. The van der Waals surface area contributed by atoms with Gasteiger partial charge in [-0.05, 0) is 75.6 Å². The summed E-state index contributed by atoms with van der Waals surface area (Å²) in [5, 5.41) is 3.30. The molecule has 2 atom stereocenters. The standard InChI is InChI=1S/C30H35Cl2N3O4S/c1-6-22(4)33-30(37)23(5)34(18-24-10-8-7-9-21(24)3)29(36)19-35(28-17-25(31)13-16-27(28)32)40(38,39)26-14-11-20(2)12-15-26/h7-17,22-23H,6,18-19H2,1-5H3,(H,33,37)/t22-,23-/m0/s1. The highest BCUT2D eigenvalue weighted by atomic mass is 35.5. The Labute approximate surface area is 247 Å². The van der Waals surface area contributed by atoms with Crippen LogP contribution in [0.1, 0.15) is 43.9 Å². The Morgan fingerprint density at radius 3 is 2.23 bits per heavy atom. The van der Waals surface area contributed by atoms with Gasteiger partial charge in [0.25, 0.3) is 10.0 Å². The lowest BCUT2D eigenvalue weighted by Gasteiger charge is -2.33. The maximum absolute atomic E-state index is 14.0. The maximum Gasteiger partial charge on any atom is 0.264 e. The highest BCUT2D eigenvalue weighted by molar-refractivity contribution is 7.92. The van der Waals surface area contributed by atoms with E-state index in [9.17, 15) is 18.0 Å². The van der Waals surface area contributed by atoms with E-state index in [0.29, 0.717) is 0 Å². The molecule has 0 bridgehead atoms. The van der Waals surface area contributed by atoms with Crippen LogP contribution in [0.15, 0.2) is 71.6 Å². The number of halogens is 2. The molecule has 0 aromatic heterocycles. The molecule has 0 unspecified atom stereocenters. The summed E-state index contributed by atoms with van der Waals surface area (Å²) in [5.74, 6) is -0.896. The van der Waals surface area contributed by atoms with Gasteiger partial charge in [0, 0.05) is 17.6 Å². The molecule has 7 nitrogen and oxygen atoms in total. The van der Waals surface area contributed by atoms with E-state index in [4.69, 9.17) is 23.2 Å². The fraction of sp³-hybridized carbons (Fsp3) is 0.333. The molecule has 10 heteroatoms. The van der Waals surface area contributed by atoms with Crippen molar-refractivity contribution in [3.05, 3.63) is 93.5 Å². The lowest BCUT2D eigenvalue weighted by atomic mass is 10.1. The minimum atomic E-state index is -4.25. The molecule has 0 heterocycles. The predicted molar refractivity (Wildman–Crippen MR) is 161 cm³/mol. The predicted octanol–water partition coefficient (Wildman–Crippen LogP) is 6.14. The molecule has 0 saturated heterocycles. The van der Waals surface area contributed by atoms with Gasteiger partial charge in [0.2, 0.25) is 11.8 Å². The first-order chi connectivity index (χ1) is 18.8. The van der Waals surface area contributed by atoms with E-state index in [-0.39, 0.29) is 39.1 Å². The Hall–Kier alpha value is -3.07. The van der Waals surface area contributed by atoms with Gasteiger partial charge in [-0.1, -0.05) is 72.1 Å². The third-order valence-electron chi connectivity index (χ3n) is 6.83. The summed E-state index contributed by atoms with van der Waals surface area (Å²) >= 11 is 12.7. The highest BCUT2D eigenvalue weighted by Gasteiger charge is 2.34. The topological polar surface area (TPSA) is 86.8 Å². The van der Waals surface area contributed by atoms with Crippen LogP contribution in [0.5, 0.6) is 0 Å². The van der Waals surface area contributed by atoms with Crippen molar-refractivity contribution >= 4 is 50.7 Å². The second-order valence-corrected chi connectivity index (χ2v) is 12.6. The van der Waals surface area contributed by atoms with Crippen molar-refractivity contribution in [3.63, 3.8) is 0 Å². The molecule has 214 valence electrons. The zero-order valence-corrected chi connectivity index (χ0v) is 25.6. The molecular formula is C30H35Cl2N3O4S. The number of rotatable bonds is 11. The van der Waals surface area contributed by atoms with Gasteiger partial charge in [-0.25, -0.2) is 8.42 Å². The van der Waals surface area contributed by atoms with Gasteiger partial charge in [0.05, 0.1) is 15.6 Å². The summed E-state index contributed by atoms with van der Waals surface area (Å²) in [6, 6.07) is 17.3. The van der Waals surface area contributed by atoms with Crippen LogP contribution in [0.25, 0.3) is 0 Å². The van der Waals surface area contributed by atoms with E-state index in [2.05, 4.69) is 5.32 Å². The van der Waals surface area contributed by atoms with Crippen molar-refractivity contribution in [3.8, 4) is 0 Å². The zero-order chi connectivity index (χ0) is 29.6. The number of carbonyl (C=O) groups excluding carboxylic acids is 2. The van der Waals surface area contributed by atoms with Crippen molar-refractivity contribution in [1.29, 1.82) is 0 Å². The van der Waals surface area contributed by atoms with Crippen LogP contribution in [0.3, 0.4) is 0 Å². The van der Waals surface area contributed by atoms with Crippen molar-refractivity contribution in [1.82, 2.24) is 10.2 Å². The number of amides is 2. The number of anilines is 1.